The van der Waals surface area contributed by atoms with Crippen LogP contribution in [0.5, 0.6) is 0 Å². The Labute approximate surface area is 133 Å². The summed E-state index contributed by atoms with van der Waals surface area (Å²) in [4.78, 5) is 11.8. The van der Waals surface area contributed by atoms with E-state index in [-0.39, 0.29) is 10.7 Å². The number of carbonyl (C=O) groups is 1. The second kappa shape index (κ2) is 6.72. The molecule has 2 rings (SSSR count). The summed E-state index contributed by atoms with van der Waals surface area (Å²) in [5.74, 6) is -0.805. The van der Waals surface area contributed by atoms with Gasteiger partial charge in [0.2, 0.25) is 15.9 Å². The third kappa shape index (κ3) is 4.73. The highest BCUT2D eigenvalue weighted by atomic mass is 32.2. The van der Waals surface area contributed by atoms with Crippen LogP contribution in [-0.4, -0.2) is 14.3 Å². The first-order valence-corrected chi connectivity index (χ1v) is 8.18. The highest BCUT2D eigenvalue weighted by Gasteiger charge is 2.12. The highest BCUT2D eigenvalue weighted by Crippen LogP contribution is 2.19. The first-order chi connectivity index (χ1) is 10.8. The van der Waals surface area contributed by atoms with Crippen LogP contribution in [0.15, 0.2) is 53.4 Å². The summed E-state index contributed by atoms with van der Waals surface area (Å²) in [6, 6.07) is 10.1. The number of amides is 1. The number of halogens is 1. The van der Waals surface area contributed by atoms with Crippen molar-refractivity contribution in [2.75, 3.05) is 5.32 Å². The second-order valence-corrected chi connectivity index (χ2v) is 6.43. The number of nitrogens with two attached hydrogens (primary N) is 1. The summed E-state index contributed by atoms with van der Waals surface area (Å²) in [5, 5.41) is 7.66. The SMILES string of the molecule is Cc1ccc(NC(=O)C=Cc2ccc(F)cc2)cc1S(N)(=O)=O. The van der Waals surface area contributed by atoms with Crippen molar-refractivity contribution < 1.29 is 17.6 Å². The fourth-order valence-corrected chi connectivity index (χ4v) is 2.72. The lowest BCUT2D eigenvalue weighted by Crippen LogP contribution is -2.15. The van der Waals surface area contributed by atoms with Gasteiger partial charge >= 0.3 is 0 Å². The number of hydrogen-bond acceptors (Lipinski definition) is 3. The molecule has 1 amide bonds. The van der Waals surface area contributed by atoms with Crippen LogP contribution in [-0.2, 0) is 14.8 Å². The molecule has 120 valence electrons. The summed E-state index contributed by atoms with van der Waals surface area (Å²) >= 11 is 0. The Balaban J connectivity index is 2.13. The van der Waals surface area contributed by atoms with E-state index >= 15 is 0 Å². The van der Waals surface area contributed by atoms with Crippen molar-refractivity contribution in [3.05, 3.63) is 65.5 Å². The molecule has 0 saturated heterocycles. The Bertz CT molecular complexity index is 859. The summed E-state index contributed by atoms with van der Waals surface area (Å²) in [5.41, 5.74) is 1.47. The average Bonchev–Trinajstić information content (AvgIpc) is 2.47. The Kier molecular flexibility index (Phi) is 4.92. The maximum atomic E-state index is 12.8. The number of primary sulfonamides is 1. The van der Waals surface area contributed by atoms with Crippen molar-refractivity contribution in [1.82, 2.24) is 0 Å². The minimum absolute atomic E-state index is 0.0437. The van der Waals surface area contributed by atoms with E-state index in [0.717, 1.165) is 0 Å². The van der Waals surface area contributed by atoms with Gasteiger partial charge in [0.05, 0.1) is 4.90 Å². The van der Waals surface area contributed by atoms with E-state index in [1.54, 1.807) is 19.1 Å². The molecule has 2 aromatic carbocycles. The number of aryl methyl sites for hydroxylation is 1. The van der Waals surface area contributed by atoms with Crippen molar-refractivity contribution >= 4 is 27.7 Å². The zero-order chi connectivity index (χ0) is 17.0. The van der Waals surface area contributed by atoms with Crippen LogP contribution in [0.4, 0.5) is 10.1 Å². The molecule has 0 aliphatic rings. The molecule has 0 radical (unpaired) electrons. The predicted molar refractivity (Wildman–Crippen MR) is 86.6 cm³/mol. The van der Waals surface area contributed by atoms with Gasteiger partial charge in [-0.1, -0.05) is 18.2 Å². The molecule has 0 heterocycles. The van der Waals surface area contributed by atoms with Gasteiger partial charge in [-0.15, -0.1) is 0 Å². The van der Waals surface area contributed by atoms with Gasteiger partial charge in [0.1, 0.15) is 5.82 Å². The molecule has 0 saturated carbocycles. The first-order valence-electron chi connectivity index (χ1n) is 6.64. The van der Waals surface area contributed by atoms with Gasteiger partial charge in [0, 0.05) is 11.8 Å². The fourth-order valence-electron chi connectivity index (χ4n) is 1.91. The molecule has 0 aromatic heterocycles. The molecule has 7 heteroatoms. The highest BCUT2D eigenvalue weighted by molar-refractivity contribution is 7.89. The average molecular weight is 334 g/mol. The van der Waals surface area contributed by atoms with Crippen LogP contribution >= 0.6 is 0 Å². The standard InChI is InChI=1S/C16H15FN2O3S/c1-11-2-8-14(10-15(11)23(18,21)22)19-16(20)9-5-12-3-6-13(17)7-4-12/h2-10H,1H3,(H,19,20)(H2,18,21,22). The smallest absolute Gasteiger partial charge is 0.248 e. The summed E-state index contributed by atoms with van der Waals surface area (Å²) in [6.07, 6.45) is 2.78. The van der Waals surface area contributed by atoms with Gasteiger partial charge in [-0.05, 0) is 48.4 Å². The summed E-state index contributed by atoms with van der Waals surface area (Å²) < 4.78 is 35.7. The zero-order valence-electron chi connectivity index (χ0n) is 12.3. The number of sulfonamides is 1. The normalized spacial score (nSPS) is 11.6. The predicted octanol–water partition coefficient (Wildman–Crippen LogP) is 2.43. The topological polar surface area (TPSA) is 89.3 Å². The van der Waals surface area contributed by atoms with E-state index in [1.165, 1.54) is 42.5 Å². The Morgan fingerprint density at radius 1 is 1.17 bits per heavy atom. The Hall–Kier alpha value is -2.51. The maximum absolute atomic E-state index is 12.8. The van der Waals surface area contributed by atoms with Crippen LogP contribution in [0.25, 0.3) is 6.08 Å². The van der Waals surface area contributed by atoms with Gasteiger partial charge in [0.25, 0.3) is 0 Å². The van der Waals surface area contributed by atoms with E-state index in [2.05, 4.69) is 5.32 Å². The van der Waals surface area contributed by atoms with Crippen molar-refractivity contribution in [3.8, 4) is 0 Å². The number of nitrogens with one attached hydrogen (secondary N) is 1. The Morgan fingerprint density at radius 2 is 1.83 bits per heavy atom. The zero-order valence-corrected chi connectivity index (χ0v) is 13.1. The van der Waals surface area contributed by atoms with Crippen molar-refractivity contribution in [2.24, 2.45) is 5.14 Å². The van der Waals surface area contributed by atoms with E-state index in [9.17, 15) is 17.6 Å². The van der Waals surface area contributed by atoms with Gasteiger partial charge in [-0.3, -0.25) is 4.79 Å². The number of carbonyl (C=O) groups excluding carboxylic acids is 1. The minimum Gasteiger partial charge on any atom is -0.322 e. The molecular weight excluding hydrogens is 319 g/mol. The van der Waals surface area contributed by atoms with Crippen LogP contribution < -0.4 is 10.5 Å². The molecule has 0 aliphatic carbocycles. The molecule has 3 N–H and O–H groups in total. The van der Waals surface area contributed by atoms with Crippen LogP contribution in [0.3, 0.4) is 0 Å². The number of rotatable bonds is 4. The molecular formula is C16H15FN2O3S. The molecule has 0 unspecified atom stereocenters. The molecule has 0 bridgehead atoms. The van der Waals surface area contributed by atoms with E-state index in [1.807, 2.05) is 0 Å². The monoisotopic (exact) mass is 334 g/mol. The second-order valence-electron chi connectivity index (χ2n) is 4.90. The van der Waals surface area contributed by atoms with E-state index < -0.39 is 15.9 Å². The lowest BCUT2D eigenvalue weighted by molar-refractivity contribution is -0.111. The third-order valence-corrected chi connectivity index (χ3v) is 4.11. The lowest BCUT2D eigenvalue weighted by Gasteiger charge is -2.07. The van der Waals surface area contributed by atoms with Gasteiger partial charge in [0.15, 0.2) is 0 Å². The third-order valence-electron chi connectivity index (χ3n) is 3.06. The molecule has 5 nitrogen and oxygen atoms in total. The number of hydrogen-bond donors (Lipinski definition) is 2. The maximum Gasteiger partial charge on any atom is 0.248 e. The molecule has 0 aliphatic heterocycles. The van der Waals surface area contributed by atoms with Crippen molar-refractivity contribution in [3.63, 3.8) is 0 Å². The van der Waals surface area contributed by atoms with Gasteiger partial charge in [-0.2, -0.15) is 0 Å². The number of benzene rings is 2. The van der Waals surface area contributed by atoms with Crippen LogP contribution in [0.2, 0.25) is 0 Å². The largest absolute Gasteiger partial charge is 0.322 e. The van der Waals surface area contributed by atoms with Crippen molar-refractivity contribution in [1.29, 1.82) is 0 Å². The fraction of sp³-hybridized carbons (Fsp3) is 0.0625. The van der Waals surface area contributed by atoms with E-state index in [4.69, 9.17) is 5.14 Å². The molecule has 23 heavy (non-hydrogen) atoms. The van der Waals surface area contributed by atoms with Gasteiger partial charge in [-0.25, -0.2) is 17.9 Å². The lowest BCUT2D eigenvalue weighted by atomic mass is 10.2. The Morgan fingerprint density at radius 3 is 2.43 bits per heavy atom. The summed E-state index contributed by atoms with van der Waals surface area (Å²) in [6.45, 7) is 1.61. The van der Waals surface area contributed by atoms with Crippen LogP contribution in [0, 0.1) is 12.7 Å². The molecule has 0 fully saturated rings. The number of anilines is 1. The van der Waals surface area contributed by atoms with Crippen molar-refractivity contribution in [2.45, 2.75) is 11.8 Å². The molecule has 0 atom stereocenters. The quantitative estimate of drug-likeness (QED) is 0.842. The van der Waals surface area contributed by atoms with Crippen LogP contribution in [0.1, 0.15) is 11.1 Å². The summed E-state index contributed by atoms with van der Waals surface area (Å²) in [7, 11) is -3.86. The molecule has 2 aromatic rings. The first kappa shape index (κ1) is 16.9. The van der Waals surface area contributed by atoms with E-state index in [0.29, 0.717) is 16.8 Å². The molecule has 0 spiro atoms. The minimum atomic E-state index is -3.86. The van der Waals surface area contributed by atoms with Gasteiger partial charge < -0.3 is 5.32 Å².